The Bertz CT molecular complexity index is 454. The summed E-state index contributed by atoms with van der Waals surface area (Å²) < 4.78 is 17.0. The first kappa shape index (κ1) is 16.1. The Hall–Kier alpha value is -1.26. The van der Waals surface area contributed by atoms with Crippen LogP contribution in [0.1, 0.15) is 38.8 Å². The van der Waals surface area contributed by atoms with Crippen molar-refractivity contribution in [2.75, 3.05) is 33.5 Å². The van der Waals surface area contributed by atoms with E-state index in [2.05, 4.69) is 32.2 Å². The molecule has 1 aliphatic rings. The molecule has 1 aromatic carbocycles. The summed E-state index contributed by atoms with van der Waals surface area (Å²) in [5.74, 6) is 1.65. The average molecular weight is 293 g/mol. The van der Waals surface area contributed by atoms with Crippen LogP contribution in [0.15, 0.2) is 18.2 Å². The maximum atomic E-state index is 5.83. The number of benzene rings is 1. The Morgan fingerprint density at radius 2 is 1.90 bits per heavy atom. The smallest absolute Gasteiger partial charge is 0.161 e. The highest BCUT2D eigenvalue weighted by Crippen LogP contribution is 2.32. The molecule has 0 radical (unpaired) electrons. The largest absolute Gasteiger partial charge is 0.486 e. The molecule has 1 atom stereocenters. The van der Waals surface area contributed by atoms with E-state index < -0.39 is 0 Å². The van der Waals surface area contributed by atoms with Gasteiger partial charge < -0.3 is 19.5 Å². The molecular formula is C17H27NO3. The van der Waals surface area contributed by atoms with E-state index in [-0.39, 0.29) is 6.04 Å². The second-order valence-electron chi connectivity index (χ2n) is 6.63. The predicted molar refractivity (Wildman–Crippen MR) is 84.1 cm³/mol. The second kappa shape index (κ2) is 7.14. The predicted octanol–water partition coefficient (Wildman–Crippen LogP) is 3.17. The molecule has 0 amide bonds. The van der Waals surface area contributed by atoms with Crippen molar-refractivity contribution in [1.82, 2.24) is 5.32 Å². The molecule has 4 nitrogen and oxygen atoms in total. The zero-order chi connectivity index (χ0) is 15.3. The van der Waals surface area contributed by atoms with E-state index in [1.54, 1.807) is 0 Å². The van der Waals surface area contributed by atoms with E-state index in [1.807, 2.05) is 19.2 Å². The summed E-state index contributed by atoms with van der Waals surface area (Å²) in [5, 5.41) is 3.30. The Morgan fingerprint density at radius 1 is 1.19 bits per heavy atom. The van der Waals surface area contributed by atoms with E-state index in [9.17, 15) is 0 Å². The van der Waals surface area contributed by atoms with Crippen molar-refractivity contribution < 1.29 is 14.2 Å². The minimum atomic E-state index is 0.167. The lowest BCUT2D eigenvalue weighted by atomic mass is 9.93. The van der Waals surface area contributed by atoms with Gasteiger partial charge >= 0.3 is 0 Å². The molecule has 0 aromatic heterocycles. The van der Waals surface area contributed by atoms with Gasteiger partial charge in [0.25, 0.3) is 0 Å². The van der Waals surface area contributed by atoms with Crippen molar-refractivity contribution in [1.29, 1.82) is 0 Å². The van der Waals surface area contributed by atoms with Gasteiger partial charge in [0, 0.05) is 6.61 Å². The molecule has 4 heteroatoms. The van der Waals surface area contributed by atoms with Crippen molar-refractivity contribution in [2.45, 2.75) is 33.2 Å². The van der Waals surface area contributed by atoms with Gasteiger partial charge in [-0.3, -0.25) is 0 Å². The molecule has 1 aliphatic heterocycles. The van der Waals surface area contributed by atoms with Crippen LogP contribution in [0.5, 0.6) is 11.5 Å². The molecular weight excluding hydrogens is 266 g/mol. The molecule has 0 aliphatic carbocycles. The van der Waals surface area contributed by atoms with E-state index in [4.69, 9.17) is 14.2 Å². The minimum Gasteiger partial charge on any atom is -0.486 e. The third kappa shape index (κ3) is 4.90. The van der Waals surface area contributed by atoms with Gasteiger partial charge in [-0.1, -0.05) is 26.8 Å². The van der Waals surface area contributed by atoms with Crippen LogP contribution < -0.4 is 14.8 Å². The van der Waals surface area contributed by atoms with E-state index >= 15 is 0 Å². The summed E-state index contributed by atoms with van der Waals surface area (Å²) in [6, 6.07) is 6.26. The number of fused-ring (bicyclic) bond motifs is 1. The van der Waals surface area contributed by atoms with Crippen LogP contribution in [-0.2, 0) is 4.74 Å². The molecule has 1 heterocycles. The topological polar surface area (TPSA) is 39.7 Å². The normalized spacial score (nSPS) is 15.8. The van der Waals surface area contributed by atoms with Gasteiger partial charge in [-0.05, 0) is 36.6 Å². The van der Waals surface area contributed by atoms with Gasteiger partial charge in [0.2, 0.25) is 0 Å². The fourth-order valence-corrected chi connectivity index (χ4v) is 2.20. The number of hydrogen-bond acceptors (Lipinski definition) is 4. The first-order valence-corrected chi connectivity index (χ1v) is 7.64. The van der Waals surface area contributed by atoms with Crippen LogP contribution in [0.3, 0.4) is 0 Å². The quantitative estimate of drug-likeness (QED) is 0.818. The van der Waals surface area contributed by atoms with E-state index in [0.717, 1.165) is 30.1 Å². The molecule has 1 unspecified atom stereocenters. The summed E-state index contributed by atoms with van der Waals surface area (Å²) in [6.45, 7) is 9.37. The van der Waals surface area contributed by atoms with Crippen molar-refractivity contribution in [3.05, 3.63) is 23.8 Å². The van der Waals surface area contributed by atoms with Gasteiger partial charge in [0.05, 0.1) is 12.6 Å². The number of nitrogens with one attached hydrogen (secondary N) is 1. The van der Waals surface area contributed by atoms with Crippen LogP contribution in [-0.4, -0.2) is 33.5 Å². The number of hydrogen-bond donors (Lipinski definition) is 1. The third-order valence-electron chi connectivity index (χ3n) is 3.60. The summed E-state index contributed by atoms with van der Waals surface area (Å²) in [4.78, 5) is 0. The fraction of sp³-hybridized carbons (Fsp3) is 0.647. The standard InChI is InChI=1S/C17H27NO3/c1-17(2,3)7-8-19-12-14(18-4)13-5-6-15-16(11-13)21-10-9-20-15/h5-6,11,14,18H,7-10,12H2,1-4H3. The van der Waals surface area contributed by atoms with Gasteiger partial charge in [0.1, 0.15) is 13.2 Å². The average Bonchev–Trinajstić information content (AvgIpc) is 2.46. The molecule has 118 valence electrons. The van der Waals surface area contributed by atoms with Crippen molar-refractivity contribution in [2.24, 2.45) is 5.41 Å². The number of likely N-dealkylation sites (N-methyl/N-ethyl adjacent to an activating group) is 1. The molecule has 2 rings (SSSR count). The zero-order valence-electron chi connectivity index (χ0n) is 13.6. The lowest BCUT2D eigenvalue weighted by Gasteiger charge is -2.23. The maximum Gasteiger partial charge on any atom is 0.161 e. The SMILES string of the molecule is CNC(COCCC(C)(C)C)c1ccc2c(c1)OCCO2. The molecule has 0 saturated carbocycles. The molecule has 1 N–H and O–H groups in total. The number of rotatable bonds is 6. The Labute approximate surface area is 127 Å². The Balaban J connectivity index is 1.91. The van der Waals surface area contributed by atoms with Gasteiger partial charge in [-0.15, -0.1) is 0 Å². The van der Waals surface area contributed by atoms with Gasteiger partial charge in [-0.2, -0.15) is 0 Å². The van der Waals surface area contributed by atoms with Gasteiger partial charge in [-0.25, -0.2) is 0 Å². The highest BCUT2D eigenvalue weighted by atomic mass is 16.6. The number of ether oxygens (including phenoxy) is 3. The molecule has 0 saturated heterocycles. The minimum absolute atomic E-state index is 0.167. The Morgan fingerprint density at radius 3 is 2.57 bits per heavy atom. The fourth-order valence-electron chi connectivity index (χ4n) is 2.20. The van der Waals surface area contributed by atoms with Crippen LogP contribution in [0.25, 0.3) is 0 Å². The lowest BCUT2D eigenvalue weighted by molar-refractivity contribution is 0.0912. The van der Waals surface area contributed by atoms with Crippen LogP contribution >= 0.6 is 0 Å². The third-order valence-corrected chi connectivity index (χ3v) is 3.60. The van der Waals surface area contributed by atoms with Gasteiger partial charge in [0.15, 0.2) is 11.5 Å². The van der Waals surface area contributed by atoms with E-state index in [1.165, 1.54) is 0 Å². The van der Waals surface area contributed by atoms with Crippen LogP contribution in [0, 0.1) is 5.41 Å². The maximum absolute atomic E-state index is 5.83. The van der Waals surface area contributed by atoms with Crippen LogP contribution in [0.2, 0.25) is 0 Å². The first-order chi connectivity index (χ1) is 9.99. The lowest BCUT2D eigenvalue weighted by Crippen LogP contribution is -2.23. The van der Waals surface area contributed by atoms with Crippen molar-refractivity contribution in [3.63, 3.8) is 0 Å². The van der Waals surface area contributed by atoms with E-state index in [0.29, 0.717) is 25.2 Å². The monoisotopic (exact) mass is 293 g/mol. The summed E-state index contributed by atoms with van der Waals surface area (Å²) >= 11 is 0. The highest BCUT2D eigenvalue weighted by Gasteiger charge is 2.16. The molecule has 21 heavy (non-hydrogen) atoms. The summed E-state index contributed by atoms with van der Waals surface area (Å²) in [6.07, 6.45) is 1.06. The van der Waals surface area contributed by atoms with Crippen molar-refractivity contribution >= 4 is 0 Å². The molecule has 0 fully saturated rings. The van der Waals surface area contributed by atoms with Crippen molar-refractivity contribution in [3.8, 4) is 11.5 Å². The zero-order valence-corrected chi connectivity index (χ0v) is 13.6. The molecule has 0 bridgehead atoms. The van der Waals surface area contributed by atoms with Crippen LogP contribution in [0.4, 0.5) is 0 Å². The molecule has 0 spiro atoms. The Kier molecular flexibility index (Phi) is 5.48. The molecule has 1 aromatic rings. The summed E-state index contributed by atoms with van der Waals surface area (Å²) in [5.41, 5.74) is 1.48. The summed E-state index contributed by atoms with van der Waals surface area (Å²) in [7, 11) is 1.95. The second-order valence-corrected chi connectivity index (χ2v) is 6.63. The highest BCUT2D eigenvalue weighted by molar-refractivity contribution is 5.44. The first-order valence-electron chi connectivity index (χ1n) is 7.64.